The van der Waals surface area contributed by atoms with Crippen molar-refractivity contribution in [2.45, 2.75) is 13.5 Å². The molecule has 0 aliphatic carbocycles. The Morgan fingerprint density at radius 2 is 2.11 bits per heavy atom. The van der Waals surface area contributed by atoms with Crippen LogP contribution in [0.4, 0.5) is 0 Å². The second kappa shape index (κ2) is 5.87. The molecule has 96 valence electrons. The zero-order chi connectivity index (χ0) is 13.7. The number of aromatic nitrogens is 1. The number of aryl methyl sites for hydroxylation is 1. The van der Waals surface area contributed by atoms with Crippen molar-refractivity contribution in [3.05, 3.63) is 53.3 Å². The molecule has 1 heterocycles. The summed E-state index contributed by atoms with van der Waals surface area (Å²) >= 11 is 0. The minimum atomic E-state index is 0.288. The maximum absolute atomic E-state index is 8.96. The molecule has 2 rings (SSSR count). The molecule has 0 saturated heterocycles. The van der Waals surface area contributed by atoms with Crippen molar-refractivity contribution >= 4 is 0 Å². The fourth-order valence-electron chi connectivity index (χ4n) is 1.71. The summed E-state index contributed by atoms with van der Waals surface area (Å²) in [6.07, 6.45) is 1.59. The second-order valence-corrected chi connectivity index (χ2v) is 4.07. The summed E-state index contributed by atoms with van der Waals surface area (Å²) in [7, 11) is 1.60. The molecule has 2 aromatic rings. The summed E-state index contributed by atoms with van der Waals surface area (Å²) < 4.78 is 11.0. The van der Waals surface area contributed by atoms with Crippen molar-refractivity contribution in [2.75, 3.05) is 7.11 Å². The van der Waals surface area contributed by atoms with Gasteiger partial charge in [0.25, 0.3) is 0 Å². The number of hydrogen-bond donors (Lipinski definition) is 0. The van der Waals surface area contributed by atoms with Gasteiger partial charge in [-0.3, -0.25) is 0 Å². The third-order valence-electron chi connectivity index (χ3n) is 2.70. The molecule has 0 N–H and O–H groups in total. The first-order valence-corrected chi connectivity index (χ1v) is 5.86. The van der Waals surface area contributed by atoms with Gasteiger partial charge in [0.2, 0.25) is 0 Å². The predicted octanol–water partition coefficient (Wildman–Crippen LogP) is 2.85. The third-order valence-corrected chi connectivity index (χ3v) is 2.70. The SMILES string of the molecule is COc1cc(C)ccc1OCc1cccnc1C#N. The van der Waals surface area contributed by atoms with Crippen LogP contribution in [-0.2, 0) is 6.61 Å². The Labute approximate surface area is 112 Å². The summed E-state index contributed by atoms with van der Waals surface area (Å²) in [6, 6.07) is 11.4. The molecule has 0 aliphatic heterocycles. The molecule has 1 aromatic heterocycles. The van der Waals surface area contributed by atoms with Crippen molar-refractivity contribution in [1.82, 2.24) is 4.98 Å². The van der Waals surface area contributed by atoms with E-state index in [0.29, 0.717) is 17.2 Å². The van der Waals surface area contributed by atoms with Crippen LogP contribution in [0.3, 0.4) is 0 Å². The maximum Gasteiger partial charge on any atom is 0.161 e. The number of hydrogen-bond acceptors (Lipinski definition) is 4. The molecule has 0 aliphatic rings. The largest absolute Gasteiger partial charge is 0.493 e. The Morgan fingerprint density at radius 1 is 1.26 bits per heavy atom. The lowest BCUT2D eigenvalue weighted by atomic mass is 10.2. The van der Waals surface area contributed by atoms with E-state index < -0.39 is 0 Å². The zero-order valence-electron chi connectivity index (χ0n) is 10.9. The number of nitriles is 1. The van der Waals surface area contributed by atoms with Gasteiger partial charge in [-0.2, -0.15) is 5.26 Å². The molecule has 0 fully saturated rings. The quantitative estimate of drug-likeness (QED) is 0.841. The normalized spacial score (nSPS) is 9.74. The summed E-state index contributed by atoms with van der Waals surface area (Å²) in [6.45, 7) is 2.28. The van der Waals surface area contributed by atoms with Crippen molar-refractivity contribution in [3.63, 3.8) is 0 Å². The Kier molecular flexibility index (Phi) is 3.99. The lowest BCUT2D eigenvalue weighted by Crippen LogP contribution is -2.01. The molecule has 1 aromatic carbocycles. The average molecular weight is 254 g/mol. The fraction of sp³-hybridized carbons (Fsp3) is 0.200. The van der Waals surface area contributed by atoms with Gasteiger partial charge in [0.1, 0.15) is 18.4 Å². The van der Waals surface area contributed by atoms with E-state index in [-0.39, 0.29) is 6.61 Å². The van der Waals surface area contributed by atoms with Gasteiger partial charge in [0.05, 0.1) is 7.11 Å². The Balaban J connectivity index is 2.17. The van der Waals surface area contributed by atoms with Gasteiger partial charge in [0, 0.05) is 11.8 Å². The zero-order valence-corrected chi connectivity index (χ0v) is 10.9. The number of benzene rings is 1. The number of pyridine rings is 1. The van der Waals surface area contributed by atoms with Crippen LogP contribution in [-0.4, -0.2) is 12.1 Å². The van der Waals surface area contributed by atoms with Gasteiger partial charge in [-0.05, 0) is 30.7 Å². The molecule has 0 saturated carbocycles. The van der Waals surface area contributed by atoms with E-state index in [1.165, 1.54) is 0 Å². The lowest BCUT2D eigenvalue weighted by molar-refractivity contribution is 0.283. The fourth-order valence-corrected chi connectivity index (χ4v) is 1.71. The highest BCUT2D eigenvalue weighted by atomic mass is 16.5. The number of rotatable bonds is 4. The van der Waals surface area contributed by atoms with E-state index in [0.717, 1.165) is 11.1 Å². The van der Waals surface area contributed by atoms with Crippen LogP contribution in [0.25, 0.3) is 0 Å². The first-order valence-electron chi connectivity index (χ1n) is 5.86. The Bertz CT molecular complexity index is 618. The predicted molar refractivity (Wildman–Crippen MR) is 71.0 cm³/mol. The molecule has 0 atom stereocenters. The van der Waals surface area contributed by atoms with E-state index in [9.17, 15) is 0 Å². The standard InChI is InChI=1S/C15H14N2O2/c1-11-5-6-14(15(8-11)18-2)19-10-12-4-3-7-17-13(12)9-16/h3-8H,10H2,1-2H3. The van der Waals surface area contributed by atoms with E-state index >= 15 is 0 Å². The molecule has 0 bridgehead atoms. The van der Waals surface area contributed by atoms with Crippen LogP contribution in [0.1, 0.15) is 16.8 Å². The molecule has 0 unspecified atom stereocenters. The van der Waals surface area contributed by atoms with Crippen molar-refractivity contribution in [1.29, 1.82) is 5.26 Å². The first-order chi connectivity index (χ1) is 9.24. The molecular weight excluding hydrogens is 240 g/mol. The monoisotopic (exact) mass is 254 g/mol. The molecule has 0 amide bonds. The molecule has 4 heteroatoms. The van der Waals surface area contributed by atoms with Gasteiger partial charge in [-0.15, -0.1) is 0 Å². The average Bonchev–Trinajstić information content (AvgIpc) is 2.46. The molecular formula is C15H14N2O2. The Hall–Kier alpha value is -2.54. The highest BCUT2D eigenvalue weighted by molar-refractivity contribution is 5.43. The van der Waals surface area contributed by atoms with Gasteiger partial charge < -0.3 is 9.47 Å². The number of methoxy groups -OCH3 is 1. The molecule has 4 nitrogen and oxygen atoms in total. The molecule has 19 heavy (non-hydrogen) atoms. The van der Waals surface area contributed by atoms with E-state index in [4.69, 9.17) is 14.7 Å². The highest BCUT2D eigenvalue weighted by Crippen LogP contribution is 2.28. The van der Waals surface area contributed by atoms with Crippen LogP contribution in [0.5, 0.6) is 11.5 Å². The van der Waals surface area contributed by atoms with Crippen molar-refractivity contribution in [3.8, 4) is 17.6 Å². The van der Waals surface area contributed by atoms with Crippen LogP contribution in [0.15, 0.2) is 36.5 Å². The van der Waals surface area contributed by atoms with Crippen LogP contribution < -0.4 is 9.47 Å². The Morgan fingerprint density at radius 3 is 2.84 bits per heavy atom. The first kappa shape index (κ1) is 12.9. The minimum Gasteiger partial charge on any atom is -0.493 e. The highest BCUT2D eigenvalue weighted by Gasteiger charge is 2.07. The van der Waals surface area contributed by atoms with Gasteiger partial charge >= 0.3 is 0 Å². The van der Waals surface area contributed by atoms with Crippen LogP contribution >= 0.6 is 0 Å². The van der Waals surface area contributed by atoms with Crippen molar-refractivity contribution in [2.24, 2.45) is 0 Å². The topological polar surface area (TPSA) is 55.1 Å². The maximum atomic E-state index is 8.96. The summed E-state index contributed by atoms with van der Waals surface area (Å²) in [4.78, 5) is 3.99. The summed E-state index contributed by atoms with van der Waals surface area (Å²) in [5.74, 6) is 1.34. The van der Waals surface area contributed by atoms with Crippen LogP contribution in [0.2, 0.25) is 0 Å². The summed E-state index contributed by atoms with van der Waals surface area (Å²) in [5, 5.41) is 8.96. The summed E-state index contributed by atoms with van der Waals surface area (Å²) in [5.41, 5.74) is 2.24. The van der Waals surface area contributed by atoms with Gasteiger partial charge in [-0.1, -0.05) is 12.1 Å². The van der Waals surface area contributed by atoms with E-state index in [2.05, 4.69) is 4.98 Å². The van der Waals surface area contributed by atoms with E-state index in [1.54, 1.807) is 19.4 Å². The van der Waals surface area contributed by atoms with Crippen LogP contribution in [0, 0.1) is 18.3 Å². The molecule has 0 radical (unpaired) electrons. The lowest BCUT2D eigenvalue weighted by Gasteiger charge is -2.11. The van der Waals surface area contributed by atoms with Gasteiger partial charge in [-0.25, -0.2) is 4.98 Å². The van der Waals surface area contributed by atoms with Gasteiger partial charge in [0.15, 0.2) is 11.5 Å². The number of nitrogens with zero attached hydrogens (tertiary/aromatic N) is 2. The number of ether oxygens (including phenoxy) is 2. The minimum absolute atomic E-state index is 0.288. The van der Waals surface area contributed by atoms with E-state index in [1.807, 2.05) is 37.3 Å². The smallest absolute Gasteiger partial charge is 0.161 e. The third kappa shape index (κ3) is 3.02. The molecule has 0 spiro atoms. The second-order valence-electron chi connectivity index (χ2n) is 4.07. The van der Waals surface area contributed by atoms with Crippen molar-refractivity contribution < 1.29 is 9.47 Å².